The Labute approximate surface area is 68.8 Å². The molecule has 3 atom stereocenters. The van der Waals surface area contributed by atoms with Crippen molar-refractivity contribution < 1.29 is 5.11 Å². The van der Waals surface area contributed by atoms with Gasteiger partial charge in [0.2, 0.25) is 0 Å². The Kier molecular flexibility index (Phi) is 1.26. The van der Waals surface area contributed by atoms with Crippen LogP contribution in [0.4, 0.5) is 0 Å². The van der Waals surface area contributed by atoms with Crippen LogP contribution < -0.4 is 0 Å². The molecule has 1 unspecified atom stereocenters. The van der Waals surface area contributed by atoms with Gasteiger partial charge in [0.05, 0.1) is 5.60 Å². The number of rotatable bonds is 1. The van der Waals surface area contributed by atoms with Crippen molar-refractivity contribution in [3.63, 3.8) is 0 Å². The molecule has 2 fully saturated rings. The Morgan fingerprint density at radius 2 is 2.00 bits per heavy atom. The zero-order valence-electron chi connectivity index (χ0n) is 7.72. The van der Waals surface area contributed by atoms with Crippen molar-refractivity contribution in [1.29, 1.82) is 0 Å². The Bertz CT molecular complexity index is 183. The van der Waals surface area contributed by atoms with Crippen LogP contribution in [0.15, 0.2) is 0 Å². The maximum absolute atomic E-state index is 9.92. The SMILES string of the molecule is CC(C)[C@]12CCC(C)(O)[C@H]1C2. The first-order valence-electron chi connectivity index (χ1n) is 4.71. The topological polar surface area (TPSA) is 20.2 Å². The molecule has 2 rings (SSSR count). The Hall–Kier alpha value is -0.0400. The molecule has 0 radical (unpaired) electrons. The fraction of sp³-hybridized carbons (Fsp3) is 1.00. The van der Waals surface area contributed by atoms with Gasteiger partial charge in [0.1, 0.15) is 0 Å². The minimum atomic E-state index is -0.329. The molecule has 1 nitrogen and oxygen atoms in total. The van der Waals surface area contributed by atoms with Gasteiger partial charge in [-0.25, -0.2) is 0 Å². The molecule has 0 spiro atoms. The molecular weight excluding hydrogens is 136 g/mol. The number of aliphatic hydroxyl groups is 1. The van der Waals surface area contributed by atoms with E-state index < -0.39 is 0 Å². The molecule has 0 heterocycles. The number of hydrogen-bond donors (Lipinski definition) is 1. The molecule has 0 aromatic rings. The van der Waals surface area contributed by atoms with E-state index in [-0.39, 0.29) is 5.60 Å². The van der Waals surface area contributed by atoms with Crippen molar-refractivity contribution in [3.05, 3.63) is 0 Å². The monoisotopic (exact) mass is 154 g/mol. The summed E-state index contributed by atoms with van der Waals surface area (Å²) < 4.78 is 0. The highest BCUT2D eigenvalue weighted by atomic mass is 16.3. The van der Waals surface area contributed by atoms with Crippen molar-refractivity contribution in [3.8, 4) is 0 Å². The van der Waals surface area contributed by atoms with E-state index in [4.69, 9.17) is 0 Å². The average molecular weight is 154 g/mol. The maximum Gasteiger partial charge on any atom is 0.0653 e. The third-order valence-electron chi connectivity index (χ3n) is 4.12. The van der Waals surface area contributed by atoms with Gasteiger partial charge in [-0.05, 0) is 43.4 Å². The lowest BCUT2D eigenvalue weighted by molar-refractivity contribution is 0.0426. The van der Waals surface area contributed by atoms with Gasteiger partial charge in [-0.3, -0.25) is 0 Å². The van der Waals surface area contributed by atoms with Crippen molar-refractivity contribution >= 4 is 0 Å². The van der Waals surface area contributed by atoms with Gasteiger partial charge in [-0.1, -0.05) is 13.8 Å². The third kappa shape index (κ3) is 0.807. The molecule has 0 aliphatic heterocycles. The molecule has 2 saturated carbocycles. The summed E-state index contributed by atoms with van der Waals surface area (Å²) in [5.74, 6) is 1.39. The van der Waals surface area contributed by atoms with Crippen LogP contribution in [0.2, 0.25) is 0 Å². The predicted molar refractivity (Wildman–Crippen MR) is 45.2 cm³/mol. The summed E-state index contributed by atoms with van der Waals surface area (Å²) in [4.78, 5) is 0. The molecule has 64 valence electrons. The second-order valence-electron chi connectivity index (χ2n) is 5.00. The van der Waals surface area contributed by atoms with Gasteiger partial charge < -0.3 is 5.11 Å². The summed E-state index contributed by atoms with van der Waals surface area (Å²) in [6.45, 7) is 6.59. The summed E-state index contributed by atoms with van der Waals surface area (Å²) in [6, 6.07) is 0. The first kappa shape index (κ1) is 7.60. The molecular formula is C10H18O. The van der Waals surface area contributed by atoms with Crippen LogP contribution in [0.25, 0.3) is 0 Å². The molecule has 0 aromatic carbocycles. The van der Waals surface area contributed by atoms with Crippen LogP contribution in [0.5, 0.6) is 0 Å². The maximum atomic E-state index is 9.92. The first-order chi connectivity index (χ1) is 4.99. The van der Waals surface area contributed by atoms with E-state index in [0.717, 1.165) is 12.3 Å². The Morgan fingerprint density at radius 1 is 1.36 bits per heavy atom. The first-order valence-corrected chi connectivity index (χ1v) is 4.71. The van der Waals surface area contributed by atoms with Gasteiger partial charge in [0.15, 0.2) is 0 Å². The fourth-order valence-corrected chi connectivity index (χ4v) is 3.02. The lowest BCUT2D eigenvalue weighted by atomic mass is 9.90. The van der Waals surface area contributed by atoms with E-state index in [0.29, 0.717) is 11.3 Å². The minimum absolute atomic E-state index is 0.329. The molecule has 2 aliphatic rings. The highest BCUT2D eigenvalue weighted by Crippen LogP contribution is 2.70. The quantitative estimate of drug-likeness (QED) is 0.614. The van der Waals surface area contributed by atoms with E-state index in [1.807, 2.05) is 6.92 Å². The van der Waals surface area contributed by atoms with Crippen LogP contribution in [-0.4, -0.2) is 10.7 Å². The number of fused-ring (bicyclic) bond motifs is 1. The second-order valence-corrected chi connectivity index (χ2v) is 5.00. The van der Waals surface area contributed by atoms with Crippen LogP contribution in [0.3, 0.4) is 0 Å². The predicted octanol–water partition coefficient (Wildman–Crippen LogP) is 2.19. The van der Waals surface area contributed by atoms with Crippen LogP contribution in [0.1, 0.15) is 40.0 Å². The summed E-state index contributed by atoms with van der Waals surface area (Å²) >= 11 is 0. The fourth-order valence-electron chi connectivity index (χ4n) is 3.02. The third-order valence-corrected chi connectivity index (χ3v) is 4.12. The standard InChI is InChI=1S/C10H18O/c1-7(2)10-5-4-9(3,11)8(10)6-10/h7-8,11H,4-6H2,1-3H3/t8-,9?,10-/m1/s1. The van der Waals surface area contributed by atoms with Gasteiger partial charge >= 0.3 is 0 Å². The highest BCUT2D eigenvalue weighted by molar-refractivity contribution is 5.16. The summed E-state index contributed by atoms with van der Waals surface area (Å²) in [5, 5.41) is 9.92. The lowest BCUT2D eigenvalue weighted by Gasteiger charge is -2.17. The molecule has 1 heteroatoms. The molecule has 1 N–H and O–H groups in total. The van der Waals surface area contributed by atoms with Crippen molar-refractivity contribution in [2.24, 2.45) is 17.3 Å². The highest BCUT2D eigenvalue weighted by Gasteiger charge is 2.67. The van der Waals surface area contributed by atoms with E-state index >= 15 is 0 Å². The lowest BCUT2D eigenvalue weighted by Crippen LogP contribution is -2.23. The van der Waals surface area contributed by atoms with E-state index in [1.165, 1.54) is 12.8 Å². The largest absolute Gasteiger partial charge is 0.390 e. The smallest absolute Gasteiger partial charge is 0.0653 e. The van der Waals surface area contributed by atoms with Crippen LogP contribution in [-0.2, 0) is 0 Å². The van der Waals surface area contributed by atoms with E-state index in [2.05, 4.69) is 13.8 Å². The molecule has 0 saturated heterocycles. The molecule has 0 aromatic heterocycles. The molecule has 2 aliphatic carbocycles. The Morgan fingerprint density at radius 3 is 2.18 bits per heavy atom. The average Bonchev–Trinajstić information content (AvgIpc) is 2.54. The van der Waals surface area contributed by atoms with Crippen LogP contribution >= 0.6 is 0 Å². The molecule has 11 heavy (non-hydrogen) atoms. The van der Waals surface area contributed by atoms with Crippen LogP contribution in [0, 0.1) is 17.3 Å². The van der Waals surface area contributed by atoms with Gasteiger partial charge in [0, 0.05) is 0 Å². The summed E-state index contributed by atoms with van der Waals surface area (Å²) in [6.07, 6.45) is 3.55. The Balaban J connectivity index is 2.17. The minimum Gasteiger partial charge on any atom is -0.390 e. The second kappa shape index (κ2) is 1.82. The van der Waals surface area contributed by atoms with Crippen molar-refractivity contribution in [2.75, 3.05) is 0 Å². The summed E-state index contributed by atoms with van der Waals surface area (Å²) in [5.41, 5.74) is 0.216. The van der Waals surface area contributed by atoms with Crippen molar-refractivity contribution in [1.82, 2.24) is 0 Å². The van der Waals surface area contributed by atoms with Gasteiger partial charge in [0.25, 0.3) is 0 Å². The summed E-state index contributed by atoms with van der Waals surface area (Å²) in [7, 11) is 0. The van der Waals surface area contributed by atoms with E-state index in [1.54, 1.807) is 0 Å². The molecule has 0 bridgehead atoms. The molecule has 0 amide bonds. The van der Waals surface area contributed by atoms with E-state index in [9.17, 15) is 5.11 Å². The van der Waals surface area contributed by atoms with Gasteiger partial charge in [-0.15, -0.1) is 0 Å². The normalized spacial score (nSPS) is 54.8. The zero-order valence-corrected chi connectivity index (χ0v) is 7.72. The van der Waals surface area contributed by atoms with Gasteiger partial charge in [-0.2, -0.15) is 0 Å². The zero-order chi connectivity index (χ0) is 8.28. The van der Waals surface area contributed by atoms with Crippen molar-refractivity contribution in [2.45, 2.75) is 45.6 Å². The number of hydrogen-bond acceptors (Lipinski definition) is 1.